The van der Waals surface area contributed by atoms with E-state index in [4.69, 9.17) is 14.5 Å². The van der Waals surface area contributed by atoms with Gasteiger partial charge in [0, 0.05) is 19.0 Å². The number of nitrogens with zero attached hydrogens (tertiary/aromatic N) is 2. The zero-order valence-electron chi connectivity index (χ0n) is 15.3. The summed E-state index contributed by atoms with van der Waals surface area (Å²) in [5.74, 6) is -0.529. The highest BCUT2D eigenvalue weighted by molar-refractivity contribution is 7.18. The zero-order valence-corrected chi connectivity index (χ0v) is 16.1. The van der Waals surface area contributed by atoms with Crippen LogP contribution >= 0.6 is 11.3 Å². The Morgan fingerprint density at radius 2 is 1.96 bits per heavy atom. The minimum atomic E-state index is -0.263. The molecule has 0 N–H and O–H groups in total. The van der Waals surface area contributed by atoms with Crippen LogP contribution in [0.2, 0.25) is 0 Å². The first kappa shape index (κ1) is 18.4. The molecule has 1 saturated heterocycles. The molecule has 2 atom stereocenters. The summed E-state index contributed by atoms with van der Waals surface area (Å²) in [6.07, 6.45) is 3.85. The quantitative estimate of drug-likeness (QED) is 0.753. The van der Waals surface area contributed by atoms with Gasteiger partial charge < -0.3 is 14.4 Å². The van der Waals surface area contributed by atoms with Crippen LogP contribution in [0, 0.1) is 5.92 Å². The number of amides is 1. The molecule has 7 heteroatoms. The molecule has 2 fully saturated rings. The highest BCUT2D eigenvalue weighted by Gasteiger charge is 2.35. The predicted molar refractivity (Wildman–Crippen MR) is 103 cm³/mol. The Balaban J connectivity index is 1.42. The van der Waals surface area contributed by atoms with Gasteiger partial charge >= 0.3 is 5.97 Å². The second-order valence-corrected chi connectivity index (χ2v) is 8.18. The van der Waals surface area contributed by atoms with Gasteiger partial charge in [0.15, 0.2) is 6.61 Å². The monoisotopic (exact) mass is 388 g/mol. The van der Waals surface area contributed by atoms with Crippen molar-refractivity contribution in [2.45, 2.75) is 31.6 Å². The molecule has 1 saturated carbocycles. The van der Waals surface area contributed by atoms with E-state index >= 15 is 0 Å². The maximum atomic E-state index is 12.7. The molecule has 0 unspecified atom stereocenters. The predicted octanol–water partition coefficient (Wildman–Crippen LogP) is 2.97. The summed E-state index contributed by atoms with van der Waals surface area (Å²) in [5.41, 5.74) is 0.984. The van der Waals surface area contributed by atoms with Crippen LogP contribution in [0.4, 0.5) is 0 Å². The first-order valence-electron chi connectivity index (χ1n) is 9.60. The third-order valence-corrected chi connectivity index (χ3v) is 6.57. The van der Waals surface area contributed by atoms with Gasteiger partial charge in [0.05, 0.1) is 34.4 Å². The number of morpholine rings is 1. The van der Waals surface area contributed by atoms with Crippen molar-refractivity contribution in [3.05, 3.63) is 29.3 Å². The Morgan fingerprint density at radius 1 is 1.19 bits per heavy atom. The van der Waals surface area contributed by atoms with E-state index in [1.807, 2.05) is 18.2 Å². The Kier molecular flexibility index (Phi) is 5.69. The lowest BCUT2D eigenvalue weighted by molar-refractivity contribution is -0.158. The van der Waals surface area contributed by atoms with Gasteiger partial charge in [-0.1, -0.05) is 25.0 Å². The number of rotatable bonds is 4. The van der Waals surface area contributed by atoms with Gasteiger partial charge in [-0.3, -0.25) is 9.59 Å². The fourth-order valence-electron chi connectivity index (χ4n) is 3.90. The smallest absolute Gasteiger partial charge is 0.310 e. The maximum Gasteiger partial charge on any atom is 0.310 e. The molecule has 1 amide bonds. The summed E-state index contributed by atoms with van der Waals surface area (Å²) in [4.78, 5) is 31.4. The average Bonchev–Trinajstić information content (AvgIpc) is 3.16. The van der Waals surface area contributed by atoms with Gasteiger partial charge in [-0.15, -0.1) is 11.3 Å². The Hall–Kier alpha value is -1.99. The highest BCUT2D eigenvalue weighted by atomic mass is 32.1. The molecular formula is C20H24N2O4S. The number of hydrogen-bond donors (Lipinski definition) is 0. The van der Waals surface area contributed by atoms with Crippen LogP contribution in [0.1, 0.15) is 36.6 Å². The van der Waals surface area contributed by atoms with Crippen LogP contribution in [0.3, 0.4) is 0 Å². The van der Waals surface area contributed by atoms with E-state index in [1.54, 1.807) is 16.2 Å². The molecule has 6 nitrogen and oxygen atoms in total. The van der Waals surface area contributed by atoms with E-state index in [-0.39, 0.29) is 30.3 Å². The van der Waals surface area contributed by atoms with E-state index in [0.29, 0.717) is 26.3 Å². The molecule has 0 bridgehead atoms. The van der Waals surface area contributed by atoms with Crippen molar-refractivity contribution >= 4 is 33.4 Å². The summed E-state index contributed by atoms with van der Waals surface area (Å²) >= 11 is 1.66. The van der Waals surface area contributed by atoms with E-state index in [9.17, 15) is 9.59 Å². The van der Waals surface area contributed by atoms with Crippen LogP contribution in [-0.4, -0.2) is 54.7 Å². The van der Waals surface area contributed by atoms with E-state index in [0.717, 1.165) is 40.9 Å². The van der Waals surface area contributed by atoms with Crippen molar-refractivity contribution < 1.29 is 19.1 Å². The summed E-state index contributed by atoms with van der Waals surface area (Å²) in [6.45, 7) is 2.04. The molecule has 2 heterocycles. The number of ether oxygens (including phenoxy) is 2. The molecule has 1 aromatic heterocycles. The molecule has 4 rings (SSSR count). The van der Waals surface area contributed by atoms with Crippen LogP contribution in [-0.2, 0) is 19.1 Å². The Morgan fingerprint density at radius 3 is 2.78 bits per heavy atom. The minimum Gasteiger partial charge on any atom is -0.455 e. The molecule has 1 aliphatic heterocycles. The van der Waals surface area contributed by atoms with E-state index in [1.165, 1.54) is 0 Å². The SMILES string of the molecule is O=C(OCC(=O)N1CCOCC1)[C@H]1CCCC[C@H]1c1nc2ccccc2s1. The number of aromatic nitrogens is 1. The number of carbonyl (C=O) groups excluding carboxylic acids is 2. The van der Waals surface area contributed by atoms with Crippen LogP contribution in [0.25, 0.3) is 10.2 Å². The normalized spacial score (nSPS) is 23.3. The second-order valence-electron chi connectivity index (χ2n) is 7.12. The van der Waals surface area contributed by atoms with E-state index in [2.05, 4.69) is 6.07 Å². The molecule has 1 aromatic carbocycles. The van der Waals surface area contributed by atoms with Crippen LogP contribution in [0.5, 0.6) is 0 Å². The first-order valence-corrected chi connectivity index (χ1v) is 10.4. The van der Waals surface area contributed by atoms with Crippen molar-refractivity contribution in [1.29, 1.82) is 0 Å². The third kappa shape index (κ3) is 4.14. The molecule has 144 valence electrons. The molecule has 2 aliphatic rings. The number of thiazole rings is 1. The van der Waals surface area contributed by atoms with Crippen LogP contribution < -0.4 is 0 Å². The lowest BCUT2D eigenvalue weighted by Gasteiger charge is -2.29. The molecular weight excluding hydrogens is 364 g/mol. The average molecular weight is 388 g/mol. The summed E-state index contributed by atoms with van der Waals surface area (Å²) in [5, 5.41) is 1.01. The fourth-order valence-corrected chi connectivity index (χ4v) is 5.07. The lowest BCUT2D eigenvalue weighted by atomic mass is 9.79. The Bertz CT molecular complexity index is 782. The Labute approximate surface area is 162 Å². The number of hydrogen-bond acceptors (Lipinski definition) is 6. The molecule has 0 radical (unpaired) electrons. The lowest BCUT2D eigenvalue weighted by Crippen LogP contribution is -2.43. The highest BCUT2D eigenvalue weighted by Crippen LogP contribution is 2.41. The van der Waals surface area contributed by atoms with Crippen molar-refractivity contribution in [3.63, 3.8) is 0 Å². The first-order chi connectivity index (χ1) is 13.2. The van der Waals surface area contributed by atoms with Crippen LogP contribution in [0.15, 0.2) is 24.3 Å². The van der Waals surface area contributed by atoms with Gasteiger partial charge in [-0.25, -0.2) is 4.98 Å². The maximum absolute atomic E-state index is 12.7. The number of carbonyl (C=O) groups is 2. The van der Waals surface area contributed by atoms with Gasteiger partial charge in [0.25, 0.3) is 5.91 Å². The standard InChI is InChI=1S/C20H24N2O4S/c23-18(22-9-11-25-12-10-22)13-26-20(24)15-6-2-1-5-14(15)19-21-16-7-3-4-8-17(16)27-19/h3-4,7-8,14-15H,1-2,5-6,9-13H2/t14-,15+/m1/s1. The largest absolute Gasteiger partial charge is 0.455 e. The zero-order chi connectivity index (χ0) is 18.6. The number of esters is 1. The fraction of sp³-hybridized carbons (Fsp3) is 0.550. The molecule has 2 aromatic rings. The van der Waals surface area contributed by atoms with Crippen molar-refractivity contribution in [1.82, 2.24) is 9.88 Å². The number of benzene rings is 1. The van der Waals surface area contributed by atoms with Gasteiger partial charge in [0.2, 0.25) is 0 Å². The molecule has 27 heavy (non-hydrogen) atoms. The minimum absolute atomic E-state index is 0.0853. The van der Waals surface area contributed by atoms with E-state index < -0.39 is 0 Å². The summed E-state index contributed by atoms with van der Waals surface area (Å²) < 4.78 is 11.8. The van der Waals surface area contributed by atoms with Crippen molar-refractivity contribution in [2.75, 3.05) is 32.9 Å². The van der Waals surface area contributed by atoms with Gasteiger partial charge in [0.1, 0.15) is 0 Å². The van der Waals surface area contributed by atoms with Gasteiger partial charge in [-0.05, 0) is 25.0 Å². The second kappa shape index (κ2) is 8.35. The molecule has 1 aliphatic carbocycles. The number of fused-ring (bicyclic) bond motifs is 1. The van der Waals surface area contributed by atoms with Crippen molar-refractivity contribution in [2.24, 2.45) is 5.92 Å². The summed E-state index contributed by atoms with van der Waals surface area (Å²) in [6, 6.07) is 8.06. The van der Waals surface area contributed by atoms with Gasteiger partial charge in [-0.2, -0.15) is 0 Å². The van der Waals surface area contributed by atoms with Crippen molar-refractivity contribution in [3.8, 4) is 0 Å². The molecule has 0 spiro atoms. The number of para-hydroxylation sites is 1. The summed E-state index contributed by atoms with van der Waals surface area (Å²) in [7, 11) is 0. The topological polar surface area (TPSA) is 68.7 Å². The third-order valence-electron chi connectivity index (χ3n) is 5.40.